The van der Waals surface area contributed by atoms with Crippen molar-refractivity contribution in [3.63, 3.8) is 0 Å². The third-order valence-electron chi connectivity index (χ3n) is 10.9. The lowest BCUT2D eigenvalue weighted by Crippen LogP contribution is -2.70. The molecule has 0 aliphatic heterocycles. The molecule has 0 aromatic carbocycles. The first-order valence-corrected chi connectivity index (χ1v) is 14.7. The molecule has 0 bridgehead atoms. The van der Waals surface area contributed by atoms with E-state index < -0.39 is 75.0 Å². The number of rotatable bonds is 5. The molecule has 5 nitrogen and oxygen atoms in total. The molecule has 0 amide bonds. The van der Waals surface area contributed by atoms with E-state index in [0.29, 0.717) is 11.8 Å². The van der Waals surface area contributed by atoms with E-state index in [1.807, 2.05) is 0 Å². The van der Waals surface area contributed by atoms with Crippen LogP contribution in [0.25, 0.3) is 0 Å². The first kappa shape index (κ1) is 27.9. The summed E-state index contributed by atoms with van der Waals surface area (Å²) in [6.45, 7) is 4.98. The van der Waals surface area contributed by atoms with Crippen LogP contribution >= 0.6 is 11.8 Å². The van der Waals surface area contributed by atoms with Gasteiger partial charge < -0.3 is 9.84 Å². The number of ketones is 1. The number of fused-ring (bicyclic) bond motifs is 5. The molecule has 9 atom stereocenters. The van der Waals surface area contributed by atoms with Crippen LogP contribution in [0.3, 0.4) is 0 Å². The summed E-state index contributed by atoms with van der Waals surface area (Å²) < 4.78 is 52.8. The van der Waals surface area contributed by atoms with Crippen LogP contribution in [0.4, 0.5) is 13.2 Å². The normalized spacial score (nSPS) is 46.2. The Bertz CT molecular complexity index is 1090. The molecule has 0 radical (unpaired) electrons. The molecule has 1 unspecified atom stereocenters. The number of carbonyl (C=O) groups is 3. The molecule has 5 rings (SSSR count). The van der Waals surface area contributed by atoms with Gasteiger partial charge in [0.1, 0.15) is 12.2 Å². The second-order valence-electron chi connectivity index (χ2n) is 12.6. The van der Waals surface area contributed by atoms with Crippen molar-refractivity contribution in [2.24, 2.45) is 34.5 Å². The number of ether oxygens (including phenoxy) is 1. The van der Waals surface area contributed by atoms with E-state index in [1.165, 1.54) is 19.1 Å². The minimum Gasteiger partial charge on any atom is -0.449 e. The predicted octanol–water partition coefficient (Wildman–Crippen LogP) is 5.60. The summed E-state index contributed by atoms with van der Waals surface area (Å²) in [5, 5.41) is 10.9. The number of halogens is 3. The molecular formula is C29H37F3O5S. The lowest BCUT2D eigenvalue weighted by Gasteiger charge is -2.63. The summed E-state index contributed by atoms with van der Waals surface area (Å²) in [6, 6.07) is -1.01. The van der Waals surface area contributed by atoms with Gasteiger partial charge in [-0.2, -0.15) is 0 Å². The average Bonchev–Trinajstić information content (AvgIpc) is 3.43. The molecule has 38 heavy (non-hydrogen) atoms. The maximum atomic E-state index is 17.4. The molecule has 0 aromatic rings. The van der Waals surface area contributed by atoms with Gasteiger partial charge in [0.25, 0.3) is 0 Å². The SMILES string of the molecule is CC1C[C@H]2[C@@H]3C[C@H](F)C4=CC(=O)C=C[C@]4(C)[C@@]3(F)[C@@H](O)C[C@]2(C)[C@@]1(OC(=O)CC1CCCC1)C(=O)SCF. The molecule has 4 fully saturated rings. The van der Waals surface area contributed by atoms with E-state index in [4.69, 9.17) is 4.74 Å². The quantitative estimate of drug-likeness (QED) is 0.446. The van der Waals surface area contributed by atoms with Gasteiger partial charge in [-0.05, 0) is 80.4 Å². The maximum Gasteiger partial charge on any atom is 0.307 e. The number of hydrogen-bond acceptors (Lipinski definition) is 6. The lowest BCUT2D eigenvalue weighted by atomic mass is 9.44. The van der Waals surface area contributed by atoms with Crippen molar-refractivity contribution in [1.82, 2.24) is 0 Å². The van der Waals surface area contributed by atoms with Gasteiger partial charge in [0.05, 0.1) is 6.10 Å². The van der Waals surface area contributed by atoms with Crippen LogP contribution < -0.4 is 0 Å². The third-order valence-corrected chi connectivity index (χ3v) is 11.5. The lowest BCUT2D eigenvalue weighted by molar-refractivity contribution is -0.229. The molecule has 1 N–H and O–H groups in total. The van der Waals surface area contributed by atoms with E-state index in [1.54, 1.807) is 13.8 Å². The highest BCUT2D eigenvalue weighted by Crippen LogP contribution is 2.72. The van der Waals surface area contributed by atoms with Crippen molar-refractivity contribution in [1.29, 1.82) is 0 Å². The van der Waals surface area contributed by atoms with Crippen molar-refractivity contribution in [3.05, 3.63) is 23.8 Å². The zero-order chi connectivity index (χ0) is 27.7. The maximum absolute atomic E-state index is 17.4. The summed E-state index contributed by atoms with van der Waals surface area (Å²) >= 11 is 0.428. The molecule has 0 heterocycles. The summed E-state index contributed by atoms with van der Waals surface area (Å²) in [5.74, 6) is -3.01. The Labute approximate surface area is 226 Å². The Morgan fingerprint density at radius 1 is 1.18 bits per heavy atom. The summed E-state index contributed by atoms with van der Waals surface area (Å²) in [6.07, 6.45) is 4.28. The van der Waals surface area contributed by atoms with Crippen LogP contribution in [-0.4, -0.2) is 51.5 Å². The smallest absolute Gasteiger partial charge is 0.307 e. The molecule has 5 aliphatic rings. The van der Waals surface area contributed by atoms with E-state index in [0.717, 1.165) is 31.8 Å². The number of esters is 1. The van der Waals surface area contributed by atoms with Crippen LogP contribution in [0, 0.1) is 34.5 Å². The van der Waals surface area contributed by atoms with Crippen LogP contribution in [0.2, 0.25) is 0 Å². The molecular weight excluding hydrogens is 517 g/mol. The van der Waals surface area contributed by atoms with E-state index in [-0.39, 0.29) is 37.2 Å². The zero-order valence-electron chi connectivity index (χ0n) is 22.2. The highest BCUT2D eigenvalue weighted by molar-refractivity contribution is 8.13. The molecule has 0 saturated heterocycles. The standard InChI is InChI=1S/C29H37F3O5S/c1-16-10-19-20-13-22(31)21-12-18(33)8-9-26(21,2)28(20,32)23(34)14-27(19,3)29(16,25(36)38-15-30)37-24(35)11-17-6-4-5-7-17/h8-9,12,16-17,19-20,22-23,34H,4-7,10-11,13-15H2,1-3H3/t16?,19-,20-,22-,23-,26-,27-,28-,29-/m0/s1. The highest BCUT2D eigenvalue weighted by Gasteiger charge is 2.78. The fourth-order valence-corrected chi connectivity index (χ4v) is 9.84. The van der Waals surface area contributed by atoms with Crippen LogP contribution in [0.5, 0.6) is 0 Å². The first-order valence-electron chi connectivity index (χ1n) is 13.8. The minimum atomic E-state index is -2.30. The molecule has 0 aromatic heterocycles. The molecule has 4 saturated carbocycles. The number of carbonyl (C=O) groups excluding carboxylic acids is 3. The summed E-state index contributed by atoms with van der Waals surface area (Å²) in [4.78, 5) is 39.0. The van der Waals surface area contributed by atoms with Crippen LogP contribution in [-0.2, 0) is 19.1 Å². The number of aliphatic hydroxyl groups excluding tert-OH is 1. The Balaban J connectivity index is 1.57. The first-order chi connectivity index (χ1) is 17.8. The number of hydrogen-bond donors (Lipinski definition) is 1. The number of thioether (sulfide) groups is 1. The van der Waals surface area contributed by atoms with Crippen molar-refractivity contribution in [3.8, 4) is 0 Å². The van der Waals surface area contributed by atoms with E-state index >= 15 is 8.78 Å². The molecule has 5 aliphatic carbocycles. The van der Waals surface area contributed by atoms with Crippen molar-refractivity contribution in [2.75, 3.05) is 6.01 Å². The largest absolute Gasteiger partial charge is 0.449 e. The monoisotopic (exact) mass is 554 g/mol. The molecule has 210 valence electrons. The summed E-state index contributed by atoms with van der Waals surface area (Å²) in [7, 11) is 0. The fourth-order valence-electron chi connectivity index (χ4n) is 9.05. The number of allylic oxidation sites excluding steroid dienone is 4. The van der Waals surface area contributed by atoms with Crippen LogP contribution in [0.1, 0.15) is 72.1 Å². The zero-order valence-corrected chi connectivity index (χ0v) is 23.0. The van der Waals surface area contributed by atoms with E-state index in [9.17, 15) is 23.9 Å². The van der Waals surface area contributed by atoms with Gasteiger partial charge in [-0.3, -0.25) is 14.4 Å². The Morgan fingerprint density at radius 2 is 1.87 bits per heavy atom. The van der Waals surface area contributed by atoms with Gasteiger partial charge in [-0.1, -0.05) is 32.8 Å². The van der Waals surface area contributed by atoms with E-state index in [2.05, 4.69) is 0 Å². The van der Waals surface area contributed by atoms with Crippen LogP contribution in [0.15, 0.2) is 23.8 Å². The fraction of sp³-hybridized carbons (Fsp3) is 0.759. The molecule has 9 heteroatoms. The Morgan fingerprint density at radius 3 is 2.53 bits per heavy atom. The van der Waals surface area contributed by atoms with Gasteiger partial charge in [0.2, 0.25) is 5.12 Å². The van der Waals surface area contributed by atoms with Gasteiger partial charge in [0, 0.05) is 29.1 Å². The molecule has 0 spiro atoms. The van der Waals surface area contributed by atoms with Crippen molar-refractivity contribution >= 4 is 28.6 Å². The number of aliphatic hydroxyl groups is 1. The van der Waals surface area contributed by atoms with Crippen molar-refractivity contribution in [2.45, 2.75) is 95.7 Å². The topological polar surface area (TPSA) is 80.7 Å². The van der Waals surface area contributed by atoms with Gasteiger partial charge in [-0.25, -0.2) is 13.2 Å². The van der Waals surface area contributed by atoms with Gasteiger partial charge in [-0.15, -0.1) is 0 Å². The van der Waals surface area contributed by atoms with Crippen molar-refractivity contribution < 1.29 is 37.4 Å². The third kappa shape index (κ3) is 3.66. The second kappa shape index (κ2) is 9.50. The van der Waals surface area contributed by atoms with Gasteiger partial charge >= 0.3 is 5.97 Å². The Hall–Kier alpha value is -1.61. The highest BCUT2D eigenvalue weighted by atomic mass is 32.2. The Kier molecular flexibility index (Phi) is 6.98. The average molecular weight is 555 g/mol. The summed E-state index contributed by atoms with van der Waals surface area (Å²) in [5.41, 5.74) is -6.83. The minimum absolute atomic E-state index is 0.0239. The van der Waals surface area contributed by atoms with Gasteiger partial charge in [0.15, 0.2) is 17.1 Å². The second-order valence-corrected chi connectivity index (χ2v) is 13.5. The number of alkyl halides is 3. The predicted molar refractivity (Wildman–Crippen MR) is 137 cm³/mol.